The molecule has 1 aromatic carbocycles. The number of hydrogen-bond acceptors (Lipinski definition) is 4. The summed E-state index contributed by atoms with van der Waals surface area (Å²) < 4.78 is 5.32. The molecule has 0 spiro atoms. The summed E-state index contributed by atoms with van der Waals surface area (Å²) in [5.74, 6) is -0.407. The number of carbonyl (C=O) groups is 1. The third-order valence-electron chi connectivity index (χ3n) is 2.90. The fourth-order valence-electron chi connectivity index (χ4n) is 1.97. The molecule has 5 nitrogen and oxygen atoms in total. The fourth-order valence-corrected chi connectivity index (χ4v) is 1.97. The van der Waals surface area contributed by atoms with E-state index in [1.54, 1.807) is 12.1 Å². The van der Waals surface area contributed by atoms with Crippen LogP contribution in [0.3, 0.4) is 0 Å². The second kappa shape index (κ2) is 5.05. The van der Waals surface area contributed by atoms with E-state index in [2.05, 4.69) is 10.2 Å². The first-order valence-corrected chi connectivity index (χ1v) is 5.66. The van der Waals surface area contributed by atoms with Gasteiger partial charge in [-0.3, -0.25) is 4.79 Å². The number of morpholine rings is 1. The van der Waals surface area contributed by atoms with Crippen LogP contribution >= 0.6 is 0 Å². The van der Waals surface area contributed by atoms with Crippen molar-refractivity contribution in [2.75, 3.05) is 43.6 Å². The minimum atomic E-state index is -0.407. The van der Waals surface area contributed by atoms with Crippen LogP contribution in [0.1, 0.15) is 10.4 Å². The lowest BCUT2D eigenvalue weighted by atomic mass is 10.1. The van der Waals surface area contributed by atoms with Crippen LogP contribution in [0.15, 0.2) is 18.2 Å². The number of nitrogens with zero attached hydrogens (tertiary/aromatic N) is 1. The Hall–Kier alpha value is -1.75. The number of benzene rings is 1. The smallest absolute Gasteiger partial charge is 0.248 e. The fraction of sp³-hybridized carbons (Fsp3) is 0.417. The lowest BCUT2D eigenvalue weighted by Gasteiger charge is -2.30. The third kappa shape index (κ3) is 2.50. The number of primary amides is 1. The van der Waals surface area contributed by atoms with Gasteiger partial charge in [-0.2, -0.15) is 0 Å². The molecule has 17 heavy (non-hydrogen) atoms. The molecule has 1 aromatic rings. The summed E-state index contributed by atoms with van der Waals surface area (Å²) in [6, 6.07) is 5.47. The molecule has 1 aliphatic rings. The Bertz CT molecular complexity index is 414. The molecule has 0 aliphatic carbocycles. The zero-order valence-corrected chi connectivity index (χ0v) is 9.90. The third-order valence-corrected chi connectivity index (χ3v) is 2.90. The maximum Gasteiger partial charge on any atom is 0.248 e. The molecule has 1 heterocycles. The molecule has 0 saturated carbocycles. The highest BCUT2D eigenvalue weighted by atomic mass is 16.5. The molecule has 0 aromatic heterocycles. The first-order chi connectivity index (χ1) is 8.22. The number of anilines is 2. The average Bonchev–Trinajstić information content (AvgIpc) is 2.39. The summed E-state index contributed by atoms with van der Waals surface area (Å²) in [4.78, 5) is 13.4. The van der Waals surface area contributed by atoms with E-state index in [0.717, 1.165) is 37.7 Å². The van der Waals surface area contributed by atoms with Crippen molar-refractivity contribution in [1.82, 2.24) is 0 Å². The van der Waals surface area contributed by atoms with Gasteiger partial charge in [-0.05, 0) is 18.2 Å². The van der Waals surface area contributed by atoms with Crippen LogP contribution in [-0.4, -0.2) is 39.3 Å². The normalized spacial score (nSPS) is 15.7. The highest BCUT2D eigenvalue weighted by Crippen LogP contribution is 2.27. The first-order valence-electron chi connectivity index (χ1n) is 5.66. The van der Waals surface area contributed by atoms with Gasteiger partial charge in [-0.25, -0.2) is 0 Å². The molecule has 2 rings (SSSR count). The van der Waals surface area contributed by atoms with Gasteiger partial charge in [0, 0.05) is 25.7 Å². The van der Waals surface area contributed by atoms with Crippen LogP contribution < -0.4 is 16.0 Å². The molecule has 0 unspecified atom stereocenters. The molecule has 0 atom stereocenters. The van der Waals surface area contributed by atoms with Gasteiger partial charge in [0.05, 0.1) is 24.6 Å². The van der Waals surface area contributed by atoms with Crippen molar-refractivity contribution in [3.63, 3.8) is 0 Å². The van der Waals surface area contributed by atoms with Gasteiger partial charge in [0.25, 0.3) is 0 Å². The van der Waals surface area contributed by atoms with E-state index in [4.69, 9.17) is 10.5 Å². The first kappa shape index (κ1) is 11.7. The molecule has 92 valence electrons. The van der Waals surface area contributed by atoms with Gasteiger partial charge < -0.3 is 20.7 Å². The molecular weight excluding hydrogens is 218 g/mol. The van der Waals surface area contributed by atoms with Crippen LogP contribution in [0.25, 0.3) is 0 Å². The summed E-state index contributed by atoms with van der Waals surface area (Å²) in [6.45, 7) is 3.21. The maximum absolute atomic E-state index is 11.1. The topological polar surface area (TPSA) is 67.6 Å². The molecule has 1 saturated heterocycles. The van der Waals surface area contributed by atoms with Gasteiger partial charge in [0.15, 0.2) is 0 Å². The van der Waals surface area contributed by atoms with Crippen molar-refractivity contribution in [3.05, 3.63) is 23.8 Å². The molecule has 3 N–H and O–H groups in total. The molecular formula is C12H17N3O2. The number of ether oxygens (including phenoxy) is 1. The Morgan fingerprint density at radius 2 is 2.12 bits per heavy atom. The van der Waals surface area contributed by atoms with E-state index in [0.29, 0.717) is 5.56 Å². The van der Waals surface area contributed by atoms with Crippen molar-refractivity contribution >= 4 is 17.3 Å². The van der Waals surface area contributed by atoms with Gasteiger partial charge >= 0.3 is 0 Å². The lowest BCUT2D eigenvalue weighted by molar-refractivity contribution is 0.1000. The van der Waals surface area contributed by atoms with E-state index in [-0.39, 0.29) is 0 Å². The number of nitrogens with one attached hydrogen (secondary N) is 1. The zero-order chi connectivity index (χ0) is 12.3. The minimum absolute atomic E-state index is 0.407. The van der Waals surface area contributed by atoms with E-state index < -0.39 is 5.91 Å². The molecule has 1 fully saturated rings. The van der Waals surface area contributed by atoms with Crippen molar-refractivity contribution < 1.29 is 9.53 Å². The Labute approximate surface area is 101 Å². The Morgan fingerprint density at radius 3 is 2.71 bits per heavy atom. The molecule has 0 radical (unpaired) electrons. The zero-order valence-electron chi connectivity index (χ0n) is 9.90. The molecule has 5 heteroatoms. The second-order valence-corrected chi connectivity index (χ2v) is 3.95. The summed E-state index contributed by atoms with van der Waals surface area (Å²) in [5, 5.41) is 3.10. The van der Waals surface area contributed by atoms with E-state index in [1.807, 2.05) is 13.1 Å². The Balaban J connectivity index is 2.29. The van der Waals surface area contributed by atoms with Gasteiger partial charge in [-0.1, -0.05) is 0 Å². The van der Waals surface area contributed by atoms with Crippen LogP contribution in [0.4, 0.5) is 11.4 Å². The van der Waals surface area contributed by atoms with Crippen molar-refractivity contribution in [2.24, 2.45) is 5.73 Å². The largest absolute Gasteiger partial charge is 0.386 e. The second-order valence-electron chi connectivity index (χ2n) is 3.95. The van der Waals surface area contributed by atoms with Crippen LogP contribution in [-0.2, 0) is 4.74 Å². The number of carbonyl (C=O) groups excluding carboxylic acids is 1. The summed E-state index contributed by atoms with van der Waals surface area (Å²) in [5.41, 5.74) is 7.79. The quantitative estimate of drug-likeness (QED) is 0.807. The van der Waals surface area contributed by atoms with Gasteiger partial charge in [0.1, 0.15) is 0 Å². The number of amides is 1. The average molecular weight is 235 g/mol. The predicted octanol–water partition coefficient (Wildman–Crippen LogP) is 0.664. The highest BCUT2D eigenvalue weighted by molar-refractivity contribution is 5.95. The van der Waals surface area contributed by atoms with Crippen molar-refractivity contribution in [2.45, 2.75) is 0 Å². The molecule has 0 bridgehead atoms. The van der Waals surface area contributed by atoms with Gasteiger partial charge in [-0.15, -0.1) is 0 Å². The maximum atomic E-state index is 11.1. The van der Waals surface area contributed by atoms with E-state index in [9.17, 15) is 4.79 Å². The SMILES string of the molecule is CNc1cc(C(N)=O)ccc1N1CCOCC1. The Morgan fingerprint density at radius 1 is 1.41 bits per heavy atom. The van der Waals surface area contributed by atoms with Gasteiger partial charge in [0.2, 0.25) is 5.91 Å². The van der Waals surface area contributed by atoms with Crippen LogP contribution in [0.5, 0.6) is 0 Å². The summed E-state index contributed by atoms with van der Waals surface area (Å²) in [6.07, 6.45) is 0. The predicted molar refractivity (Wildman–Crippen MR) is 67.5 cm³/mol. The lowest BCUT2D eigenvalue weighted by Crippen LogP contribution is -2.36. The van der Waals surface area contributed by atoms with Crippen molar-refractivity contribution in [3.8, 4) is 0 Å². The minimum Gasteiger partial charge on any atom is -0.386 e. The van der Waals surface area contributed by atoms with Crippen molar-refractivity contribution in [1.29, 1.82) is 0 Å². The number of nitrogens with two attached hydrogens (primary N) is 1. The van der Waals surface area contributed by atoms with E-state index in [1.165, 1.54) is 0 Å². The van der Waals surface area contributed by atoms with Crippen LogP contribution in [0, 0.1) is 0 Å². The molecule has 1 amide bonds. The summed E-state index contributed by atoms with van der Waals surface area (Å²) >= 11 is 0. The van der Waals surface area contributed by atoms with Crippen LogP contribution in [0.2, 0.25) is 0 Å². The summed E-state index contributed by atoms with van der Waals surface area (Å²) in [7, 11) is 1.84. The standard InChI is InChI=1S/C12H17N3O2/c1-14-10-8-9(12(13)16)2-3-11(10)15-4-6-17-7-5-15/h2-3,8,14H,4-7H2,1H3,(H2,13,16). The molecule has 1 aliphatic heterocycles. The Kier molecular flexibility index (Phi) is 3.49. The number of rotatable bonds is 3. The number of hydrogen-bond donors (Lipinski definition) is 2. The van der Waals surface area contributed by atoms with E-state index >= 15 is 0 Å². The highest BCUT2D eigenvalue weighted by Gasteiger charge is 2.15. The monoisotopic (exact) mass is 235 g/mol.